The van der Waals surface area contributed by atoms with Gasteiger partial charge in [0.1, 0.15) is 5.58 Å². The van der Waals surface area contributed by atoms with E-state index in [0.717, 1.165) is 47.8 Å². The number of hydrogen-bond donors (Lipinski definition) is 1. The normalized spacial score (nSPS) is 17.3. The molecule has 29 heavy (non-hydrogen) atoms. The second-order valence-corrected chi connectivity index (χ2v) is 7.84. The molecule has 1 fully saturated rings. The molecule has 1 aliphatic rings. The van der Waals surface area contributed by atoms with E-state index in [9.17, 15) is 4.79 Å². The molecule has 146 valence electrons. The molecule has 0 spiro atoms. The van der Waals surface area contributed by atoms with E-state index in [1.807, 2.05) is 24.3 Å². The summed E-state index contributed by atoms with van der Waals surface area (Å²) in [5.41, 5.74) is 2.73. The van der Waals surface area contributed by atoms with Gasteiger partial charge in [-0.25, -0.2) is 4.79 Å². The molecule has 0 saturated carbocycles. The highest BCUT2D eigenvalue weighted by atomic mass is 16.4. The molecule has 0 bridgehead atoms. The molecular weight excluding hydrogens is 360 g/mol. The summed E-state index contributed by atoms with van der Waals surface area (Å²) >= 11 is 0. The monoisotopic (exact) mass is 384 g/mol. The van der Waals surface area contributed by atoms with Crippen molar-refractivity contribution in [3.05, 3.63) is 94.3 Å². The zero-order valence-electron chi connectivity index (χ0n) is 16.3. The molecule has 1 atom stereocenters. The van der Waals surface area contributed by atoms with Crippen LogP contribution in [0.25, 0.3) is 21.7 Å². The summed E-state index contributed by atoms with van der Waals surface area (Å²) < 4.78 is 5.47. The average molecular weight is 384 g/mol. The molecule has 1 N–H and O–H groups in total. The van der Waals surface area contributed by atoms with E-state index >= 15 is 0 Å². The molecule has 3 aromatic carbocycles. The van der Waals surface area contributed by atoms with Crippen LogP contribution in [0.15, 0.2) is 82.0 Å². The Morgan fingerprint density at radius 1 is 1.00 bits per heavy atom. The highest BCUT2D eigenvalue weighted by molar-refractivity contribution is 6.07. The first-order valence-corrected chi connectivity index (χ1v) is 10.2. The first kappa shape index (κ1) is 18.1. The van der Waals surface area contributed by atoms with E-state index in [-0.39, 0.29) is 5.63 Å². The van der Waals surface area contributed by atoms with Crippen LogP contribution in [0.4, 0.5) is 0 Å². The standard InChI is InChI=1S/C25H24N2O2/c28-24-14-20(25-22-9-5-4-8-19(22)10-11-23(25)29-24)15-26-21-12-13-27(17-21)16-18-6-2-1-3-7-18/h1-11,14,21,26H,12-13,15-17H2/t21-/m1/s1. The number of rotatable bonds is 5. The summed E-state index contributed by atoms with van der Waals surface area (Å²) in [7, 11) is 0. The van der Waals surface area contributed by atoms with Crippen LogP contribution in [0.2, 0.25) is 0 Å². The van der Waals surface area contributed by atoms with Crippen LogP contribution in [0.3, 0.4) is 0 Å². The van der Waals surface area contributed by atoms with Crippen molar-refractivity contribution in [3.63, 3.8) is 0 Å². The summed E-state index contributed by atoms with van der Waals surface area (Å²) in [5, 5.41) is 7.00. The van der Waals surface area contributed by atoms with Crippen molar-refractivity contribution < 1.29 is 4.42 Å². The smallest absolute Gasteiger partial charge is 0.336 e. The van der Waals surface area contributed by atoms with Gasteiger partial charge in [-0.2, -0.15) is 0 Å². The molecule has 0 amide bonds. The highest BCUT2D eigenvalue weighted by Gasteiger charge is 2.22. The van der Waals surface area contributed by atoms with Gasteiger partial charge in [0.15, 0.2) is 0 Å². The maximum Gasteiger partial charge on any atom is 0.336 e. The minimum absolute atomic E-state index is 0.290. The van der Waals surface area contributed by atoms with Crippen molar-refractivity contribution >= 4 is 21.7 Å². The fraction of sp³-hybridized carbons (Fsp3) is 0.240. The Bertz CT molecular complexity index is 1200. The van der Waals surface area contributed by atoms with Crippen molar-refractivity contribution in [2.45, 2.75) is 25.6 Å². The van der Waals surface area contributed by atoms with Gasteiger partial charge in [0, 0.05) is 43.7 Å². The van der Waals surface area contributed by atoms with Crippen LogP contribution < -0.4 is 10.9 Å². The third-order valence-corrected chi connectivity index (χ3v) is 5.82. The number of nitrogens with zero attached hydrogens (tertiary/aromatic N) is 1. The number of benzene rings is 3. The van der Waals surface area contributed by atoms with Crippen molar-refractivity contribution in [1.29, 1.82) is 0 Å². The second-order valence-electron chi connectivity index (χ2n) is 7.84. The third kappa shape index (κ3) is 3.82. The quantitative estimate of drug-likeness (QED) is 0.411. The van der Waals surface area contributed by atoms with Gasteiger partial charge in [-0.15, -0.1) is 0 Å². The molecule has 1 aliphatic heterocycles. The van der Waals surface area contributed by atoms with Gasteiger partial charge in [-0.1, -0.05) is 60.7 Å². The van der Waals surface area contributed by atoms with Crippen LogP contribution >= 0.6 is 0 Å². The third-order valence-electron chi connectivity index (χ3n) is 5.82. The van der Waals surface area contributed by atoms with E-state index in [2.05, 4.69) is 52.7 Å². The lowest BCUT2D eigenvalue weighted by atomic mass is 10.0. The molecule has 4 nitrogen and oxygen atoms in total. The first-order chi connectivity index (χ1) is 14.3. The van der Waals surface area contributed by atoms with Crippen LogP contribution in [0.1, 0.15) is 17.5 Å². The van der Waals surface area contributed by atoms with Crippen LogP contribution in [0.5, 0.6) is 0 Å². The summed E-state index contributed by atoms with van der Waals surface area (Å²) in [5.74, 6) is 0. The Hall–Kier alpha value is -2.95. The number of nitrogens with one attached hydrogen (secondary N) is 1. The van der Waals surface area contributed by atoms with Gasteiger partial charge in [-0.05, 0) is 34.4 Å². The summed E-state index contributed by atoms with van der Waals surface area (Å²) in [6.45, 7) is 3.77. The van der Waals surface area contributed by atoms with Gasteiger partial charge in [-0.3, -0.25) is 4.90 Å². The zero-order chi connectivity index (χ0) is 19.6. The topological polar surface area (TPSA) is 45.5 Å². The van der Waals surface area contributed by atoms with Crippen molar-refractivity contribution in [2.24, 2.45) is 0 Å². The summed E-state index contributed by atoms with van der Waals surface area (Å²) in [6, 6.07) is 24.8. The zero-order valence-corrected chi connectivity index (χ0v) is 16.3. The van der Waals surface area contributed by atoms with E-state index in [1.54, 1.807) is 6.07 Å². The molecule has 5 rings (SSSR count). The van der Waals surface area contributed by atoms with E-state index in [4.69, 9.17) is 4.42 Å². The van der Waals surface area contributed by atoms with Gasteiger partial charge < -0.3 is 9.73 Å². The van der Waals surface area contributed by atoms with E-state index < -0.39 is 0 Å². The lowest BCUT2D eigenvalue weighted by Gasteiger charge is -2.17. The van der Waals surface area contributed by atoms with Crippen molar-refractivity contribution in [2.75, 3.05) is 13.1 Å². The maximum atomic E-state index is 12.1. The number of likely N-dealkylation sites (tertiary alicyclic amines) is 1. The Balaban J connectivity index is 1.34. The summed E-state index contributed by atoms with van der Waals surface area (Å²) in [6.07, 6.45) is 1.12. The van der Waals surface area contributed by atoms with E-state index in [0.29, 0.717) is 18.2 Å². The predicted octanol–water partition coefficient (Wildman–Crippen LogP) is 4.31. The van der Waals surface area contributed by atoms with Gasteiger partial charge in [0.05, 0.1) is 0 Å². The molecule has 0 radical (unpaired) electrons. The maximum absolute atomic E-state index is 12.1. The first-order valence-electron chi connectivity index (χ1n) is 10.2. The van der Waals surface area contributed by atoms with Crippen molar-refractivity contribution in [1.82, 2.24) is 10.2 Å². The number of hydrogen-bond acceptors (Lipinski definition) is 4. The Kier molecular flexibility index (Phi) is 4.88. The largest absolute Gasteiger partial charge is 0.423 e. The fourth-order valence-corrected chi connectivity index (χ4v) is 4.40. The molecular formula is C25H24N2O2. The Morgan fingerprint density at radius 2 is 1.83 bits per heavy atom. The molecule has 4 heteroatoms. The van der Waals surface area contributed by atoms with Crippen LogP contribution in [-0.2, 0) is 13.1 Å². The number of fused-ring (bicyclic) bond motifs is 3. The molecule has 1 aromatic heterocycles. The van der Waals surface area contributed by atoms with Crippen LogP contribution in [0, 0.1) is 0 Å². The lowest BCUT2D eigenvalue weighted by Crippen LogP contribution is -2.32. The fourth-order valence-electron chi connectivity index (χ4n) is 4.40. The predicted molar refractivity (Wildman–Crippen MR) is 117 cm³/mol. The van der Waals surface area contributed by atoms with Gasteiger partial charge in [0.25, 0.3) is 0 Å². The minimum Gasteiger partial charge on any atom is -0.423 e. The van der Waals surface area contributed by atoms with E-state index in [1.165, 1.54) is 5.56 Å². The Morgan fingerprint density at radius 3 is 2.72 bits per heavy atom. The Labute approximate surface area is 169 Å². The van der Waals surface area contributed by atoms with Crippen molar-refractivity contribution in [3.8, 4) is 0 Å². The molecule has 0 unspecified atom stereocenters. The molecule has 1 saturated heterocycles. The average Bonchev–Trinajstić information content (AvgIpc) is 3.19. The SMILES string of the molecule is O=c1cc(CN[C@@H]2CCN(Cc3ccccc3)C2)c2c(ccc3ccccc32)o1. The van der Waals surface area contributed by atoms with Crippen LogP contribution in [-0.4, -0.2) is 24.0 Å². The molecule has 0 aliphatic carbocycles. The molecule has 2 heterocycles. The lowest BCUT2D eigenvalue weighted by molar-refractivity contribution is 0.320. The van der Waals surface area contributed by atoms with Gasteiger partial charge in [0.2, 0.25) is 0 Å². The highest BCUT2D eigenvalue weighted by Crippen LogP contribution is 2.27. The van der Waals surface area contributed by atoms with Gasteiger partial charge >= 0.3 is 5.63 Å². The minimum atomic E-state index is -0.290. The second kappa shape index (κ2) is 7.82. The summed E-state index contributed by atoms with van der Waals surface area (Å²) in [4.78, 5) is 14.6. The molecule has 4 aromatic rings.